The van der Waals surface area contributed by atoms with Crippen LogP contribution in [0.3, 0.4) is 0 Å². The van der Waals surface area contributed by atoms with Crippen molar-refractivity contribution in [2.45, 2.75) is 6.42 Å². The second-order valence-corrected chi connectivity index (χ2v) is 5.43. The summed E-state index contributed by atoms with van der Waals surface area (Å²) in [5.41, 5.74) is 2.28. The second-order valence-electron chi connectivity index (χ2n) is 5.43. The molecule has 0 N–H and O–H groups in total. The molecule has 0 heteroatoms. The topological polar surface area (TPSA) is 0 Å². The van der Waals surface area contributed by atoms with E-state index in [1.807, 2.05) is 0 Å². The highest BCUT2D eigenvalue weighted by atomic mass is 15.3. The van der Waals surface area contributed by atoms with E-state index < -0.39 is 0 Å². The average molecular weight is 116 g/mol. The van der Waals surface area contributed by atoms with Crippen LogP contribution in [-0.2, 0) is 0 Å². The molecule has 9 heavy (non-hydrogen) atoms. The summed E-state index contributed by atoms with van der Waals surface area (Å²) < 4.78 is 0. The average Bonchev–Trinajstić information content (AvgIpc) is 2.54. The highest BCUT2D eigenvalue weighted by Gasteiger charge is 3.23. The third-order valence-electron chi connectivity index (χ3n) is 6.49. The van der Waals surface area contributed by atoms with Crippen LogP contribution in [0.2, 0.25) is 0 Å². The van der Waals surface area contributed by atoms with Gasteiger partial charge in [-0.2, -0.15) is 0 Å². The Balaban J connectivity index is 2.07. The Morgan fingerprint density at radius 2 is 2.11 bits per heavy atom. The molecular formula is C9H8. The van der Waals surface area contributed by atoms with Gasteiger partial charge in [-0.15, -0.1) is 0 Å². The van der Waals surface area contributed by atoms with E-state index >= 15 is 0 Å². The Labute approximate surface area is 53.6 Å². The molecule has 0 aromatic rings. The first kappa shape index (κ1) is 2.94. The van der Waals surface area contributed by atoms with Crippen molar-refractivity contribution in [2.75, 3.05) is 0 Å². The van der Waals surface area contributed by atoms with Gasteiger partial charge in [-0.3, -0.25) is 0 Å². The summed E-state index contributed by atoms with van der Waals surface area (Å²) >= 11 is 0. The van der Waals surface area contributed by atoms with E-state index in [1.165, 1.54) is 35.5 Å². The van der Waals surface area contributed by atoms with E-state index in [1.54, 1.807) is 6.42 Å². The molecule has 0 saturated heterocycles. The molecule has 0 nitrogen and oxygen atoms in total. The smallest absolute Gasteiger partial charge is 0.0125 e. The van der Waals surface area contributed by atoms with Gasteiger partial charge >= 0.3 is 0 Å². The monoisotopic (exact) mass is 116 g/mol. The zero-order chi connectivity index (χ0) is 5.17. The summed E-state index contributed by atoms with van der Waals surface area (Å²) in [6, 6.07) is 0. The Hall–Kier alpha value is 0. The third-order valence-corrected chi connectivity index (χ3v) is 6.49. The molecular weight excluding hydrogens is 108 g/mol. The fraction of sp³-hybridized carbons (Fsp3) is 1.00. The molecule has 8 unspecified atom stereocenters. The molecule has 7 aliphatic rings. The van der Waals surface area contributed by atoms with E-state index in [2.05, 4.69) is 0 Å². The first-order valence-corrected chi connectivity index (χ1v) is 4.47. The van der Waals surface area contributed by atoms with Crippen molar-refractivity contribution in [2.24, 2.45) is 46.3 Å². The van der Waals surface area contributed by atoms with Gasteiger partial charge in [0, 0.05) is 0 Å². The highest BCUT2D eigenvalue weighted by Crippen LogP contribution is 3.26. The van der Waals surface area contributed by atoms with Crippen LogP contribution in [0.1, 0.15) is 6.42 Å². The van der Waals surface area contributed by atoms with Crippen LogP contribution in [0, 0.1) is 46.3 Å². The van der Waals surface area contributed by atoms with Gasteiger partial charge in [-0.05, 0) is 52.8 Å². The molecule has 8 atom stereocenters. The van der Waals surface area contributed by atoms with Crippen LogP contribution in [-0.4, -0.2) is 0 Å². The summed E-state index contributed by atoms with van der Waals surface area (Å²) in [7, 11) is 0. The molecule has 0 aliphatic heterocycles. The fourth-order valence-corrected chi connectivity index (χ4v) is 7.07. The maximum absolute atomic E-state index is 1.69. The van der Waals surface area contributed by atoms with E-state index in [0.29, 0.717) is 0 Å². The molecule has 7 saturated carbocycles. The first-order valence-electron chi connectivity index (χ1n) is 4.47. The second kappa shape index (κ2) is 0.408. The summed E-state index contributed by atoms with van der Waals surface area (Å²) in [4.78, 5) is 0. The Morgan fingerprint density at radius 1 is 1.11 bits per heavy atom. The largest absolute Gasteiger partial charge is 0.0461 e. The Bertz CT molecular complexity index is 303. The van der Waals surface area contributed by atoms with Crippen molar-refractivity contribution in [3.63, 3.8) is 0 Å². The lowest BCUT2D eigenvalue weighted by molar-refractivity contribution is -0.142. The summed E-state index contributed by atoms with van der Waals surface area (Å²) in [5.74, 6) is 8.03. The normalized spacial score (nSPS) is 117. The molecule has 7 fully saturated rings. The lowest BCUT2D eigenvalue weighted by atomic mass is 9.44. The van der Waals surface area contributed by atoms with Crippen LogP contribution in [0.15, 0.2) is 0 Å². The van der Waals surface area contributed by atoms with Crippen LogP contribution in [0.5, 0.6) is 0 Å². The number of hydrogen-bond acceptors (Lipinski definition) is 0. The van der Waals surface area contributed by atoms with Crippen molar-refractivity contribution in [1.82, 2.24) is 0 Å². The molecule has 0 heterocycles. The molecule has 0 amide bonds. The van der Waals surface area contributed by atoms with Gasteiger partial charge < -0.3 is 0 Å². The zero-order valence-electron chi connectivity index (χ0n) is 5.17. The maximum Gasteiger partial charge on any atom is -0.0125 e. The highest BCUT2D eigenvalue weighted by molar-refractivity contribution is 5.69. The quantitative estimate of drug-likeness (QED) is 0.445. The SMILES string of the molecule is C1C2C3C4C1C15C2C31C45. The van der Waals surface area contributed by atoms with Gasteiger partial charge in [0.25, 0.3) is 0 Å². The van der Waals surface area contributed by atoms with Crippen molar-refractivity contribution in [1.29, 1.82) is 0 Å². The summed E-state index contributed by atoms with van der Waals surface area (Å²) in [5, 5.41) is 0. The minimum atomic E-state index is 1.13. The standard InChI is InChI=1S/C9H8/c1-2-5-4-3(1)8-6(2)9(5,8)7(4)8/h2-7H,1H2. The van der Waals surface area contributed by atoms with E-state index in [-0.39, 0.29) is 0 Å². The lowest BCUT2D eigenvalue weighted by Gasteiger charge is -2.60. The van der Waals surface area contributed by atoms with E-state index in [9.17, 15) is 0 Å². The minimum absolute atomic E-state index is 1.13. The molecule has 2 spiro atoms. The Morgan fingerprint density at radius 3 is 2.44 bits per heavy atom. The molecule has 0 radical (unpaired) electrons. The fourth-order valence-electron chi connectivity index (χ4n) is 7.07. The minimum Gasteiger partial charge on any atom is -0.0461 e. The van der Waals surface area contributed by atoms with Crippen LogP contribution in [0.4, 0.5) is 0 Å². The van der Waals surface area contributed by atoms with Crippen LogP contribution < -0.4 is 0 Å². The van der Waals surface area contributed by atoms with Crippen molar-refractivity contribution in [3.05, 3.63) is 0 Å². The summed E-state index contributed by atoms with van der Waals surface area (Å²) in [6.07, 6.45) is 1.69. The van der Waals surface area contributed by atoms with Gasteiger partial charge in [0.15, 0.2) is 0 Å². The molecule has 0 aromatic carbocycles. The van der Waals surface area contributed by atoms with Gasteiger partial charge in [0.05, 0.1) is 0 Å². The molecule has 2 bridgehead atoms. The third kappa shape index (κ3) is 0.0682. The predicted molar refractivity (Wildman–Crippen MR) is 30.4 cm³/mol. The molecule has 7 rings (SSSR count). The van der Waals surface area contributed by atoms with Gasteiger partial charge in [0.2, 0.25) is 0 Å². The predicted octanol–water partition coefficient (Wildman–Crippen LogP) is 1.13. The Kier molecular flexibility index (Phi) is 0.133. The van der Waals surface area contributed by atoms with Gasteiger partial charge in [-0.1, -0.05) is 0 Å². The zero-order valence-corrected chi connectivity index (χ0v) is 5.17. The van der Waals surface area contributed by atoms with Crippen molar-refractivity contribution >= 4 is 0 Å². The van der Waals surface area contributed by atoms with E-state index in [4.69, 9.17) is 0 Å². The van der Waals surface area contributed by atoms with Crippen molar-refractivity contribution < 1.29 is 0 Å². The number of rotatable bonds is 0. The van der Waals surface area contributed by atoms with Gasteiger partial charge in [0.1, 0.15) is 0 Å². The van der Waals surface area contributed by atoms with Crippen LogP contribution in [0.25, 0.3) is 0 Å². The van der Waals surface area contributed by atoms with E-state index in [0.717, 1.165) is 10.8 Å². The van der Waals surface area contributed by atoms with Gasteiger partial charge in [-0.25, -0.2) is 0 Å². The molecule has 0 aromatic heterocycles. The first-order chi connectivity index (χ1) is 4.47. The lowest BCUT2D eigenvalue weighted by Crippen LogP contribution is -2.57. The molecule has 7 aliphatic carbocycles. The molecule has 44 valence electrons. The maximum atomic E-state index is 1.69. The number of hydrogen-bond donors (Lipinski definition) is 0. The van der Waals surface area contributed by atoms with Crippen LogP contribution >= 0.6 is 0 Å². The van der Waals surface area contributed by atoms with Crippen molar-refractivity contribution in [3.8, 4) is 0 Å². The summed E-state index contributed by atoms with van der Waals surface area (Å²) in [6.45, 7) is 0.